The predicted molar refractivity (Wildman–Crippen MR) is 161 cm³/mol. The average Bonchev–Trinajstić information content (AvgIpc) is 3.29. The van der Waals surface area contributed by atoms with Crippen LogP contribution in [0.25, 0.3) is 0 Å². The molecule has 13 heteroatoms. The first-order chi connectivity index (χ1) is 20.2. The number of benzene rings is 2. The molecule has 2 aliphatic rings. The molecular formula is C29H32N4O7S2. The lowest BCUT2D eigenvalue weighted by molar-refractivity contribution is -0.141. The molecular weight excluding hydrogens is 580 g/mol. The molecule has 2 aliphatic heterocycles. The number of fused-ring (bicyclic) bond motifs is 1. The molecule has 2 aromatic carbocycles. The van der Waals surface area contributed by atoms with E-state index in [2.05, 4.69) is 22.5 Å². The minimum atomic E-state index is -1.09. The van der Waals surface area contributed by atoms with Crippen molar-refractivity contribution >= 4 is 57.1 Å². The lowest BCUT2D eigenvalue weighted by atomic mass is 10.0. The second kappa shape index (κ2) is 14.8. The molecule has 222 valence electrons. The summed E-state index contributed by atoms with van der Waals surface area (Å²) in [5.41, 5.74) is 2.99. The third-order valence-corrected chi connectivity index (χ3v) is 9.11. The summed E-state index contributed by atoms with van der Waals surface area (Å²) in [7, 11) is 2.85. The third-order valence-electron chi connectivity index (χ3n) is 6.74. The highest BCUT2D eigenvalue weighted by Gasteiger charge is 2.39. The molecule has 0 bridgehead atoms. The van der Waals surface area contributed by atoms with Crippen molar-refractivity contribution in [2.75, 3.05) is 23.4 Å². The summed E-state index contributed by atoms with van der Waals surface area (Å²) in [4.78, 5) is 63.1. The van der Waals surface area contributed by atoms with E-state index in [9.17, 15) is 29.1 Å². The van der Waals surface area contributed by atoms with Crippen molar-refractivity contribution < 1.29 is 33.8 Å². The number of carboxylic acid groups (broad SMARTS) is 1. The van der Waals surface area contributed by atoms with Crippen LogP contribution in [0.2, 0.25) is 0 Å². The Morgan fingerprint density at radius 3 is 2.60 bits per heavy atom. The quantitative estimate of drug-likeness (QED) is 0.196. The van der Waals surface area contributed by atoms with E-state index in [1.807, 2.05) is 30.3 Å². The zero-order chi connectivity index (χ0) is 30.1. The molecule has 11 nitrogen and oxygen atoms in total. The molecule has 4 amide bonds. The van der Waals surface area contributed by atoms with Crippen molar-refractivity contribution in [1.82, 2.24) is 15.5 Å². The maximum absolute atomic E-state index is 13.0. The fourth-order valence-corrected chi connectivity index (χ4v) is 6.48. The average molecular weight is 613 g/mol. The van der Waals surface area contributed by atoms with Gasteiger partial charge in [-0.05, 0) is 30.5 Å². The number of anilines is 1. The Morgan fingerprint density at radius 1 is 1.10 bits per heavy atom. The molecule has 2 atom stereocenters. The number of aliphatic carboxylic acids is 1. The van der Waals surface area contributed by atoms with Gasteiger partial charge in [0.1, 0.15) is 18.7 Å². The van der Waals surface area contributed by atoms with Crippen molar-refractivity contribution in [2.45, 2.75) is 44.3 Å². The van der Waals surface area contributed by atoms with Crippen molar-refractivity contribution in [2.24, 2.45) is 0 Å². The van der Waals surface area contributed by atoms with Gasteiger partial charge in [0.25, 0.3) is 5.91 Å². The van der Waals surface area contributed by atoms with Gasteiger partial charge >= 0.3 is 12.1 Å². The Hall–Kier alpha value is -3.97. The maximum Gasteiger partial charge on any atom is 0.411 e. The van der Waals surface area contributed by atoms with Crippen LogP contribution in [0.5, 0.6) is 0 Å². The molecule has 1 fully saturated rings. The smallest absolute Gasteiger partial charge is 0.411 e. The number of allylic oxidation sites excluding steroid dienone is 1. The third kappa shape index (κ3) is 8.29. The van der Waals surface area contributed by atoms with Crippen LogP contribution in [-0.4, -0.2) is 70.0 Å². The topological polar surface area (TPSA) is 154 Å². The van der Waals surface area contributed by atoms with Gasteiger partial charge in [-0.2, -0.15) is 0 Å². The number of piperidine rings is 1. The molecule has 0 spiro atoms. The summed E-state index contributed by atoms with van der Waals surface area (Å²) in [6, 6.07) is 12.5. The summed E-state index contributed by atoms with van der Waals surface area (Å²) in [5.74, 6) is -1.00. The van der Waals surface area contributed by atoms with Gasteiger partial charge in [0.2, 0.25) is 11.8 Å². The Bertz CT molecular complexity index is 1350. The first kappa shape index (κ1) is 31.0. The Morgan fingerprint density at radius 2 is 1.86 bits per heavy atom. The van der Waals surface area contributed by atoms with E-state index in [1.54, 1.807) is 18.2 Å². The number of carbonyl (C=O) groups excluding carboxylic acids is 4. The van der Waals surface area contributed by atoms with E-state index in [4.69, 9.17) is 4.74 Å². The molecule has 0 radical (unpaired) electrons. The molecule has 0 saturated carbocycles. The summed E-state index contributed by atoms with van der Waals surface area (Å²) in [6.07, 6.45) is 0.787. The molecule has 4 N–H and O–H groups in total. The molecule has 1 saturated heterocycles. The Labute approximate surface area is 251 Å². The van der Waals surface area contributed by atoms with Crippen LogP contribution in [-0.2, 0) is 32.1 Å². The van der Waals surface area contributed by atoms with Crippen molar-refractivity contribution in [3.8, 4) is 0 Å². The summed E-state index contributed by atoms with van der Waals surface area (Å²) in [5, 5.41) is 17.4. The second-order valence-electron chi connectivity index (χ2n) is 9.71. The van der Waals surface area contributed by atoms with Crippen molar-refractivity contribution in [1.29, 1.82) is 0 Å². The fourth-order valence-electron chi connectivity index (χ4n) is 4.67. The number of rotatable bonds is 13. The number of amides is 4. The zero-order valence-electron chi connectivity index (χ0n) is 22.8. The predicted octanol–water partition coefficient (Wildman–Crippen LogP) is 3.57. The number of hydrogen-bond donors (Lipinski definition) is 4. The molecule has 0 aromatic heterocycles. The number of carboxylic acids is 1. The van der Waals surface area contributed by atoms with Crippen LogP contribution >= 0.6 is 21.6 Å². The highest BCUT2D eigenvalue weighted by atomic mass is 33.1. The van der Waals surface area contributed by atoms with Gasteiger partial charge in [-0.1, -0.05) is 64.6 Å². The van der Waals surface area contributed by atoms with Crippen LogP contribution in [0.15, 0.2) is 60.8 Å². The molecule has 1 unspecified atom stereocenters. The molecule has 2 heterocycles. The number of nitrogens with zero attached hydrogens (tertiary/aromatic N) is 1. The fraction of sp³-hybridized carbons (Fsp3) is 0.345. The van der Waals surface area contributed by atoms with E-state index in [0.717, 1.165) is 5.56 Å². The first-order valence-electron chi connectivity index (χ1n) is 13.4. The van der Waals surface area contributed by atoms with Gasteiger partial charge in [0.15, 0.2) is 0 Å². The number of carbonyl (C=O) groups is 5. The Balaban J connectivity index is 1.14. The van der Waals surface area contributed by atoms with Gasteiger partial charge in [-0.3, -0.25) is 19.7 Å². The summed E-state index contributed by atoms with van der Waals surface area (Å²) < 4.78 is 5.27. The van der Waals surface area contributed by atoms with E-state index in [-0.39, 0.29) is 43.7 Å². The highest BCUT2D eigenvalue weighted by Crippen LogP contribution is 2.33. The van der Waals surface area contributed by atoms with Crippen LogP contribution in [0, 0.1) is 0 Å². The zero-order valence-corrected chi connectivity index (χ0v) is 24.4. The van der Waals surface area contributed by atoms with Crippen LogP contribution in [0.3, 0.4) is 0 Å². The summed E-state index contributed by atoms with van der Waals surface area (Å²) >= 11 is 0. The van der Waals surface area contributed by atoms with Crippen LogP contribution in [0.1, 0.15) is 40.7 Å². The number of nitrogens with one attached hydrogen (secondary N) is 3. The minimum absolute atomic E-state index is 0.125. The maximum atomic E-state index is 13.0. The standard InChI is InChI=1S/C29H32N4O7S2/c1-18-10-11-24(26(35)30-18)33-17-21-20(27(33)36)8-5-9-22(21)32-29(39)40-13-15-42-41-14-12-25(34)31-23(28(37)38)16-19-6-3-2-4-7-19/h2-9,23-24H,1,10-17H2,(H,30,35)(H,31,34)(H,32,39)(H,37,38)/t23-,24?/m0/s1. The van der Waals surface area contributed by atoms with E-state index in [1.165, 1.54) is 26.5 Å². The SMILES string of the molecule is C=C1CCC(N2Cc3c(NC(=O)OCCSSCCC(=O)N[C@@H](Cc4ccccc4)C(=O)O)cccc3C2=O)C(=O)N1. The minimum Gasteiger partial charge on any atom is -0.480 e. The van der Waals surface area contributed by atoms with E-state index < -0.39 is 24.1 Å². The Kier molecular flexibility index (Phi) is 10.9. The highest BCUT2D eigenvalue weighted by molar-refractivity contribution is 8.76. The molecule has 0 aliphatic carbocycles. The molecule has 4 rings (SSSR count). The summed E-state index contributed by atoms with van der Waals surface area (Å²) in [6.45, 7) is 4.10. The lowest BCUT2D eigenvalue weighted by Gasteiger charge is -2.31. The normalized spacial score (nSPS) is 16.8. The van der Waals surface area contributed by atoms with Crippen LogP contribution < -0.4 is 16.0 Å². The molecule has 2 aromatic rings. The lowest BCUT2D eigenvalue weighted by Crippen LogP contribution is -2.49. The monoisotopic (exact) mass is 612 g/mol. The second-order valence-corrected chi connectivity index (χ2v) is 12.4. The van der Waals surface area contributed by atoms with Crippen molar-refractivity contribution in [3.63, 3.8) is 0 Å². The van der Waals surface area contributed by atoms with Gasteiger partial charge in [0.05, 0.1) is 0 Å². The largest absolute Gasteiger partial charge is 0.480 e. The first-order valence-corrected chi connectivity index (χ1v) is 15.9. The van der Waals surface area contributed by atoms with Crippen molar-refractivity contribution in [3.05, 3.63) is 77.5 Å². The molecule has 42 heavy (non-hydrogen) atoms. The van der Waals surface area contributed by atoms with E-state index >= 15 is 0 Å². The van der Waals surface area contributed by atoms with Gasteiger partial charge in [-0.15, -0.1) is 0 Å². The number of ether oxygens (including phenoxy) is 1. The van der Waals surface area contributed by atoms with E-state index in [0.29, 0.717) is 46.9 Å². The van der Waals surface area contributed by atoms with Gasteiger partial charge in [-0.25, -0.2) is 9.59 Å². The van der Waals surface area contributed by atoms with Gasteiger partial charge in [0, 0.05) is 53.4 Å². The van der Waals surface area contributed by atoms with Gasteiger partial charge < -0.3 is 25.4 Å². The van der Waals surface area contributed by atoms with Crippen LogP contribution in [0.4, 0.5) is 10.5 Å². The number of hydrogen-bond acceptors (Lipinski definition) is 8.